The molecule has 0 fully saturated rings. The zero-order chi connectivity index (χ0) is 15.2. The number of aromatic nitrogens is 2. The number of halogens is 1. The van der Waals surface area contributed by atoms with Crippen LogP contribution in [0.25, 0.3) is 0 Å². The quantitative estimate of drug-likeness (QED) is 0.494. The van der Waals surface area contributed by atoms with Gasteiger partial charge in [0, 0.05) is 6.07 Å². The van der Waals surface area contributed by atoms with E-state index in [1.54, 1.807) is 6.07 Å². The molecule has 1 aromatic heterocycles. The number of nitrogens with one attached hydrogen (secondary N) is 1. The third-order valence-electron chi connectivity index (χ3n) is 2.77. The molecule has 0 spiro atoms. The Labute approximate surface area is 134 Å². The van der Waals surface area contributed by atoms with Gasteiger partial charge in [-0.3, -0.25) is 0 Å². The highest BCUT2D eigenvalue weighted by molar-refractivity contribution is 7.98. The molecule has 0 amide bonds. The highest BCUT2D eigenvalue weighted by Crippen LogP contribution is 2.18. The fourth-order valence-corrected chi connectivity index (χ4v) is 2.32. The van der Waals surface area contributed by atoms with Crippen LogP contribution in [0, 0.1) is 6.92 Å². The minimum atomic E-state index is 0.104. The Morgan fingerprint density at radius 3 is 2.67 bits per heavy atom. The first-order valence-corrected chi connectivity index (χ1v) is 8.21. The molecule has 6 heteroatoms. The topological polar surface area (TPSA) is 47.0 Å². The van der Waals surface area contributed by atoms with E-state index in [1.165, 1.54) is 17.3 Å². The summed E-state index contributed by atoms with van der Waals surface area (Å²) in [5.74, 6) is 1.57. The standard InChI is InChI=1S/C15H18ClN3OS/c1-10-4-6-12(7-5-10)20-9-11(2)17-14-8-13(16)18-15(19-14)21-3/h4-8,11H,9H2,1-3H3,(H,17,18,19). The molecule has 112 valence electrons. The summed E-state index contributed by atoms with van der Waals surface area (Å²) in [7, 11) is 0. The first kappa shape index (κ1) is 15.9. The lowest BCUT2D eigenvalue weighted by Gasteiger charge is -2.16. The molecule has 0 saturated heterocycles. The minimum Gasteiger partial charge on any atom is -0.491 e. The van der Waals surface area contributed by atoms with E-state index in [2.05, 4.69) is 22.2 Å². The van der Waals surface area contributed by atoms with Crippen LogP contribution in [0.2, 0.25) is 5.15 Å². The molecular weight excluding hydrogens is 306 g/mol. The fraction of sp³-hybridized carbons (Fsp3) is 0.333. The molecule has 1 aromatic carbocycles. The van der Waals surface area contributed by atoms with Gasteiger partial charge in [-0.2, -0.15) is 0 Å². The van der Waals surface area contributed by atoms with Crippen LogP contribution in [0.3, 0.4) is 0 Å². The second-order valence-corrected chi connectivity index (χ2v) is 5.89. The smallest absolute Gasteiger partial charge is 0.190 e. The maximum Gasteiger partial charge on any atom is 0.190 e. The van der Waals surface area contributed by atoms with E-state index in [4.69, 9.17) is 16.3 Å². The van der Waals surface area contributed by atoms with Crippen LogP contribution in [-0.2, 0) is 0 Å². The maximum absolute atomic E-state index is 5.96. The second kappa shape index (κ2) is 7.52. The van der Waals surface area contributed by atoms with Crippen LogP contribution >= 0.6 is 23.4 Å². The summed E-state index contributed by atoms with van der Waals surface area (Å²) in [4.78, 5) is 8.47. The van der Waals surface area contributed by atoms with Gasteiger partial charge in [-0.1, -0.05) is 41.1 Å². The van der Waals surface area contributed by atoms with E-state index in [0.717, 1.165) is 5.75 Å². The van der Waals surface area contributed by atoms with Crippen molar-refractivity contribution in [1.82, 2.24) is 9.97 Å². The number of benzene rings is 1. The van der Waals surface area contributed by atoms with Crippen molar-refractivity contribution in [3.05, 3.63) is 41.0 Å². The van der Waals surface area contributed by atoms with Gasteiger partial charge < -0.3 is 10.1 Å². The highest BCUT2D eigenvalue weighted by atomic mass is 35.5. The van der Waals surface area contributed by atoms with Crippen molar-refractivity contribution in [3.63, 3.8) is 0 Å². The van der Waals surface area contributed by atoms with Crippen molar-refractivity contribution >= 4 is 29.2 Å². The number of hydrogen-bond donors (Lipinski definition) is 1. The summed E-state index contributed by atoms with van der Waals surface area (Å²) in [5, 5.41) is 4.35. The number of aryl methyl sites for hydroxylation is 1. The first-order chi connectivity index (χ1) is 10.1. The summed E-state index contributed by atoms with van der Waals surface area (Å²) in [5.41, 5.74) is 1.22. The third-order valence-corrected chi connectivity index (χ3v) is 3.51. The van der Waals surface area contributed by atoms with Crippen LogP contribution < -0.4 is 10.1 Å². The van der Waals surface area contributed by atoms with Crippen molar-refractivity contribution in [3.8, 4) is 5.75 Å². The van der Waals surface area contributed by atoms with Crippen LogP contribution in [0.1, 0.15) is 12.5 Å². The van der Waals surface area contributed by atoms with E-state index < -0.39 is 0 Å². The molecule has 0 aliphatic carbocycles. The zero-order valence-corrected chi connectivity index (χ0v) is 13.8. The van der Waals surface area contributed by atoms with E-state index >= 15 is 0 Å². The van der Waals surface area contributed by atoms with Gasteiger partial charge in [0.05, 0.1) is 6.04 Å². The van der Waals surface area contributed by atoms with Gasteiger partial charge in [-0.15, -0.1) is 0 Å². The lowest BCUT2D eigenvalue weighted by Crippen LogP contribution is -2.24. The number of thioether (sulfide) groups is 1. The van der Waals surface area contributed by atoms with Gasteiger partial charge in [0.2, 0.25) is 0 Å². The molecule has 1 N–H and O–H groups in total. The van der Waals surface area contributed by atoms with Gasteiger partial charge in [-0.05, 0) is 32.2 Å². The SMILES string of the molecule is CSc1nc(Cl)cc(NC(C)COc2ccc(C)cc2)n1. The number of hydrogen-bond acceptors (Lipinski definition) is 5. The van der Waals surface area contributed by atoms with Gasteiger partial charge in [-0.25, -0.2) is 9.97 Å². The van der Waals surface area contributed by atoms with E-state index in [-0.39, 0.29) is 6.04 Å². The average Bonchev–Trinajstić information content (AvgIpc) is 2.46. The van der Waals surface area contributed by atoms with Gasteiger partial charge >= 0.3 is 0 Å². The molecular formula is C15H18ClN3OS. The molecule has 1 atom stereocenters. The molecule has 1 heterocycles. The summed E-state index contributed by atoms with van der Waals surface area (Å²) < 4.78 is 5.74. The Kier molecular flexibility index (Phi) is 5.70. The second-order valence-electron chi connectivity index (χ2n) is 4.73. The molecule has 1 unspecified atom stereocenters. The van der Waals surface area contributed by atoms with Gasteiger partial charge in [0.15, 0.2) is 5.16 Å². The molecule has 0 bridgehead atoms. The summed E-state index contributed by atoms with van der Waals surface area (Å²) in [6.45, 7) is 4.62. The molecule has 2 rings (SSSR count). The molecule has 0 aliphatic heterocycles. The Morgan fingerprint density at radius 1 is 1.29 bits per heavy atom. The summed E-state index contributed by atoms with van der Waals surface area (Å²) in [6.07, 6.45) is 1.92. The normalized spacial score (nSPS) is 12.0. The van der Waals surface area contributed by atoms with Crippen molar-refractivity contribution in [1.29, 1.82) is 0 Å². The average molecular weight is 324 g/mol. The van der Waals surface area contributed by atoms with E-state index in [0.29, 0.717) is 22.7 Å². The predicted molar refractivity (Wildman–Crippen MR) is 88.6 cm³/mol. The predicted octanol–water partition coefficient (Wildman–Crippen LogP) is 4.04. The minimum absolute atomic E-state index is 0.104. The van der Waals surface area contributed by atoms with Crippen molar-refractivity contribution < 1.29 is 4.74 Å². The number of anilines is 1. The summed E-state index contributed by atoms with van der Waals surface area (Å²) >= 11 is 7.42. The Morgan fingerprint density at radius 2 is 2.00 bits per heavy atom. The molecule has 2 aromatic rings. The maximum atomic E-state index is 5.96. The lowest BCUT2D eigenvalue weighted by molar-refractivity contribution is 0.303. The number of ether oxygens (including phenoxy) is 1. The van der Waals surface area contributed by atoms with Crippen molar-refractivity contribution in [2.75, 3.05) is 18.2 Å². The molecule has 4 nitrogen and oxygen atoms in total. The van der Waals surface area contributed by atoms with E-state index in [1.807, 2.05) is 37.4 Å². The van der Waals surface area contributed by atoms with Crippen LogP contribution in [0.15, 0.2) is 35.5 Å². The monoisotopic (exact) mass is 323 g/mol. The van der Waals surface area contributed by atoms with Gasteiger partial charge in [0.1, 0.15) is 23.3 Å². The van der Waals surface area contributed by atoms with Crippen LogP contribution in [-0.4, -0.2) is 28.9 Å². The Bertz CT molecular complexity index is 592. The number of rotatable bonds is 6. The lowest BCUT2D eigenvalue weighted by atomic mass is 10.2. The Hall–Kier alpha value is -1.46. The third kappa shape index (κ3) is 5.10. The van der Waals surface area contributed by atoms with Crippen molar-refractivity contribution in [2.24, 2.45) is 0 Å². The number of nitrogens with zero attached hydrogens (tertiary/aromatic N) is 2. The summed E-state index contributed by atoms with van der Waals surface area (Å²) in [6, 6.07) is 9.81. The molecule has 21 heavy (non-hydrogen) atoms. The first-order valence-electron chi connectivity index (χ1n) is 6.61. The van der Waals surface area contributed by atoms with Gasteiger partial charge in [0.25, 0.3) is 0 Å². The largest absolute Gasteiger partial charge is 0.491 e. The van der Waals surface area contributed by atoms with Crippen LogP contribution in [0.4, 0.5) is 5.82 Å². The van der Waals surface area contributed by atoms with Crippen molar-refractivity contribution in [2.45, 2.75) is 25.0 Å². The van der Waals surface area contributed by atoms with E-state index in [9.17, 15) is 0 Å². The molecule has 0 radical (unpaired) electrons. The Balaban J connectivity index is 1.90. The van der Waals surface area contributed by atoms with Crippen LogP contribution in [0.5, 0.6) is 5.75 Å². The molecule has 0 saturated carbocycles. The molecule has 0 aliphatic rings. The highest BCUT2D eigenvalue weighted by Gasteiger charge is 2.07. The zero-order valence-electron chi connectivity index (χ0n) is 12.3. The fourth-order valence-electron chi connectivity index (χ4n) is 1.71.